The van der Waals surface area contributed by atoms with Crippen LogP contribution < -0.4 is 0 Å². The van der Waals surface area contributed by atoms with Crippen molar-refractivity contribution >= 4 is 6.21 Å². The van der Waals surface area contributed by atoms with Crippen molar-refractivity contribution in [3.8, 4) is 0 Å². The van der Waals surface area contributed by atoms with Gasteiger partial charge in [-0.15, -0.1) is 0 Å². The number of rotatable bonds is 2. The molecule has 1 rings (SSSR count). The Morgan fingerprint density at radius 2 is 1.79 bits per heavy atom. The van der Waals surface area contributed by atoms with Gasteiger partial charge < -0.3 is 5.11 Å². The van der Waals surface area contributed by atoms with Crippen LogP contribution >= 0.6 is 0 Å². The molecule has 0 saturated carbocycles. The fraction of sp³-hybridized carbons (Fsp3) is 0.875. The zero-order valence-corrected chi connectivity index (χ0v) is 7.88. The van der Waals surface area contributed by atoms with Crippen molar-refractivity contribution in [2.45, 2.75) is 31.5 Å². The largest absolute Gasteiger partial charge is 0.422 e. The second-order valence-electron chi connectivity index (χ2n) is 3.55. The van der Waals surface area contributed by atoms with Crippen LogP contribution in [0.1, 0.15) is 19.8 Å². The standard InChI is InChI=1S/C8H13F3N2O/c1-7(14,8(9,10)11)6-12-13-4-2-3-5-13/h6,14H,2-5H2,1H3/b12-6+. The van der Waals surface area contributed by atoms with Gasteiger partial charge in [-0.25, -0.2) is 0 Å². The van der Waals surface area contributed by atoms with E-state index >= 15 is 0 Å². The minimum atomic E-state index is -4.67. The fourth-order valence-electron chi connectivity index (χ4n) is 1.08. The van der Waals surface area contributed by atoms with E-state index in [1.165, 1.54) is 5.01 Å². The molecule has 3 nitrogen and oxygen atoms in total. The van der Waals surface area contributed by atoms with Crippen molar-refractivity contribution in [1.82, 2.24) is 5.01 Å². The third-order valence-electron chi connectivity index (χ3n) is 2.13. The molecule has 1 unspecified atom stereocenters. The summed E-state index contributed by atoms with van der Waals surface area (Å²) < 4.78 is 36.4. The van der Waals surface area contributed by atoms with Gasteiger partial charge in [-0.2, -0.15) is 18.3 Å². The van der Waals surface area contributed by atoms with Crippen molar-refractivity contribution < 1.29 is 18.3 Å². The second-order valence-corrected chi connectivity index (χ2v) is 3.55. The first-order chi connectivity index (χ1) is 6.33. The molecular formula is C8H13F3N2O. The molecular weight excluding hydrogens is 197 g/mol. The molecule has 1 aliphatic rings. The van der Waals surface area contributed by atoms with E-state index in [9.17, 15) is 13.2 Å². The summed E-state index contributed by atoms with van der Waals surface area (Å²) in [6, 6.07) is 0. The van der Waals surface area contributed by atoms with Crippen molar-refractivity contribution in [1.29, 1.82) is 0 Å². The van der Waals surface area contributed by atoms with Gasteiger partial charge in [0.25, 0.3) is 0 Å². The summed E-state index contributed by atoms with van der Waals surface area (Å²) >= 11 is 0. The Bertz CT molecular complexity index is 219. The Labute approximate surface area is 80.2 Å². The molecule has 1 saturated heterocycles. The number of hydrazone groups is 1. The van der Waals surface area contributed by atoms with Gasteiger partial charge in [-0.05, 0) is 19.8 Å². The lowest BCUT2D eigenvalue weighted by Gasteiger charge is -2.22. The lowest BCUT2D eigenvalue weighted by molar-refractivity contribution is -0.222. The Hall–Kier alpha value is -0.780. The zero-order chi connectivity index (χ0) is 10.8. The summed E-state index contributed by atoms with van der Waals surface area (Å²) in [6.07, 6.45) is -2.24. The third kappa shape index (κ3) is 2.60. The number of hydrogen-bond donors (Lipinski definition) is 1. The zero-order valence-electron chi connectivity index (χ0n) is 7.88. The third-order valence-corrected chi connectivity index (χ3v) is 2.13. The Morgan fingerprint density at radius 1 is 1.29 bits per heavy atom. The highest BCUT2D eigenvalue weighted by atomic mass is 19.4. The SMILES string of the molecule is CC(O)(/C=N/N1CCCC1)C(F)(F)F. The summed E-state index contributed by atoms with van der Waals surface area (Å²) in [5, 5.41) is 14.1. The van der Waals surface area contributed by atoms with E-state index in [0.717, 1.165) is 12.8 Å². The Morgan fingerprint density at radius 3 is 2.21 bits per heavy atom. The maximum atomic E-state index is 12.1. The smallest absolute Gasteiger partial charge is 0.376 e. The molecule has 0 bridgehead atoms. The highest BCUT2D eigenvalue weighted by Crippen LogP contribution is 2.28. The number of halogens is 3. The predicted octanol–water partition coefficient (Wildman–Crippen LogP) is 1.38. The first kappa shape index (κ1) is 11.3. The molecule has 1 N–H and O–H groups in total. The van der Waals surface area contributed by atoms with E-state index in [0.29, 0.717) is 26.2 Å². The van der Waals surface area contributed by atoms with Crippen LogP contribution in [-0.2, 0) is 0 Å². The monoisotopic (exact) mass is 210 g/mol. The first-order valence-corrected chi connectivity index (χ1v) is 4.42. The van der Waals surface area contributed by atoms with Gasteiger partial charge in [0.15, 0.2) is 5.60 Å². The second kappa shape index (κ2) is 3.76. The van der Waals surface area contributed by atoms with Gasteiger partial charge in [0.2, 0.25) is 0 Å². The molecule has 0 radical (unpaired) electrons. The van der Waals surface area contributed by atoms with E-state index in [1.54, 1.807) is 0 Å². The molecule has 0 aromatic heterocycles. The van der Waals surface area contributed by atoms with Crippen LogP contribution in [0.15, 0.2) is 5.10 Å². The van der Waals surface area contributed by atoms with E-state index in [-0.39, 0.29) is 0 Å². The Kier molecular flexibility index (Phi) is 3.04. The minimum absolute atomic E-state index is 0.554. The predicted molar refractivity (Wildman–Crippen MR) is 46.0 cm³/mol. The van der Waals surface area contributed by atoms with Gasteiger partial charge in [-0.1, -0.05) is 0 Å². The molecule has 0 spiro atoms. The van der Waals surface area contributed by atoms with E-state index < -0.39 is 11.8 Å². The summed E-state index contributed by atoms with van der Waals surface area (Å²) in [5.74, 6) is 0. The van der Waals surface area contributed by atoms with Crippen LogP contribution in [0.4, 0.5) is 13.2 Å². The topological polar surface area (TPSA) is 35.8 Å². The number of alkyl halides is 3. The van der Waals surface area contributed by atoms with Crippen LogP contribution in [0.25, 0.3) is 0 Å². The molecule has 0 aromatic rings. The maximum absolute atomic E-state index is 12.1. The van der Waals surface area contributed by atoms with Gasteiger partial charge in [0, 0.05) is 13.1 Å². The van der Waals surface area contributed by atoms with Crippen molar-refractivity contribution in [3.63, 3.8) is 0 Å². The molecule has 0 aliphatic carbocycles. The van der Waals surface area contributed by atoms with Gasteiger partial charge in [0.1, 0.15) is 0 Å². The molecule has 0 amide bonds. The van der Waals surface area contributed by atoms with Crippen LogP contribution in [0.3, 0.4) is 0 Å². The highest BCUT2D eigenvalue weighted by molar-refractivity contribution is 5.68. The molecule has 82 valence electrons. The summed E-state index contributed by atoms with van der Waals surface area (Å²) in [4.78, 5) is 0. The lowest BCUT2D eigenvalue weighted by atomic mass is 10.1. The van der Waals surface area contributed by atoms with Crippen molar-refractivity contribution in [3.05, 3.63) is 0 Å². The van der Waals surface area contributed by atoms with Gasteiger partial charge in [0.05, 0.1) is 6.21 Å². The molecule has 14 heavy (non-hydrogen) atoms. The van der Waals surface area contributed by atoms with Crippen LogP contribution in [0.2, 0.25) is 0 Å². The molecule has 1 fully saturated rings. The highest BCUT2D eigenvalue weighted by Gasteiger charge is 2.49. The lowest BCUT2D eigenvalue weighted by Crippen LogP contribution is -2.44. The van der Waals surface area contributed by atoms with Crippen LogP contribution in [0, 0.1) is 0 Å². The average Bonchev–Trinajstić information content (AvgIpc) is 2.50. The van der Waals surface area contributed by atoms with Gasteiger partial charge >= 0.3 is 6.18 Å². The normalized spacial score (nSPS) is 23.1. The molecule has 1 heterocycles. The summed E-state index contributed by atoms with van der Waals surface area (Å²) in [5.41, 5.74) is -2.84. The summed E-state index contributed by atoms with van der Waals surface area (Å²) in [6.45, 7) is 2.00. The minimum Gasteiger partial charge on any atom is -0.376 e. The summed E-state index contributed by atoms with van der Waals surface area (Å²) in [7, 11) is 0. The quantitative estimate of drug-likeness (QED) is 0.699. The number of nitrogens with zero attached hydrogens (tertiary/aromatic N) is 2. The molecule has 6 heteroatoms. The fourth-order valence-corrected chi connectivity index (χ4v) is 1.08. The number of hydrogen-bond acceptors (Lipinski definition) is 3. The van der Waals surface area contributed by atoms with Crippen LogP contribution in [0.5, 0.6) is 0 Å². The molecule has 0 aromatic carbocycles. The maximum Gasteiger partial charge on any atom is 0.422 e. The average molecular weight is 210 g/mol. The molecule has 1 aliphatic heterocycles. The van der Waals surface area contributed by atoms with Crippen molar-refractivity contribution in [2.75, 3.05) is 13.1 Å². The van der Waals surface area contributed by atoms with Crippen LogP contribution in [-0.4, -0.2) is 41.2 Å². The van der Waals surface area contributed by atoms with E-state index in [4.69, 9.17) is 5.11 Å². The molecule has 1 atom stereocenters. The Balaban J connectivity index is 2.57. The number of aliphatic hydroxyl groups is 1. The van der Waals surface area contributed by atoms with E-state index in [2.05, 4.69) is 5.10 Å². The first-order valence-electron chi connectivity index (χ1n) is 4.42. The van der Waals surface area contributed by atoms with E-state index in [1.807, 2.05) is 0 Å². The van der Waals surface area contributed by atoms with Gasteiger partial charge in [-0.3, -0.25) is 5.01 Å². The van der Waals surface area contributed by atoms with Crippen molar-refractivity contribution in [2.24, 2.45) is 5.10 Å².